The van der Waals surface area contributed by atoms with E-state index in [0.29, 0.717) is 44.1 Å². The summed E-state index contributed by atoms with van der Waals surface area (Å²) in [5.74, 6) is 3.63. The lowest BCUT2D eigenvalue weighted by atomic mass is 9.93. The van der Waals surface area contributed by atoms with E-state index in [1.165, 1.54) is 6.33 Å². The van der Waals surface area contributed by atoms with Crippen molar-refractivity contribution < 1.29 is 23.5 Å². The van der Waals surface area contributed by atoms with Crippen molar-refractivity contribution in [1.82, 2.24) is 45.1 Å². The van der Waals surface area contributed by atoms with Crippen LogP contribution in [-0.2, 0) is 9.47 Å². The molecule has 17 nitrogen and oxygen atoms in total. The number of nitrogens with zero attached hydrogens (tertiary/aromatic N) is 12. The highest BCUT2D eigenvalue weighted by molar-refractivity contribution is 9.10. The van der Waals surface area contributed by atoms with Gasteiger partial charge in [0.1, 0.15) is 41.6 Å². The van der Waals surface area contributed by atoms with Crippen molar-refractivity contribution >= 4 is 55.3 Å². The van der Waals surface area contributed by atoms with E-state index in [2.05, 4.69) is 68.1 Å². The van der Waals surface area contributed by atoms with E-state index in [0.717, 1.165) is 121 Å². The molecule has 8 heterocycles. The number of anilines is 3. The molecule has 4 aliphatic rings. The van der Waals surface area contributed by atoms with E-state index >= 15 is 0 Å². The van der Waals surface area contributed by atoms with Crippen molar-refractivity contribution in [2.75, 3.05) is 67.7 Å². The number of hydrogen-bond donors (Lipinski definition) is 1. The van der Waals surface area contributed by atoms with Gasteiger partial charge in [-0.2, -0.15) is 19.3 Å². The van der Waals surface area contributed by atoms with Gasteiger partial charge in [0, 0.05) is 55.0 Å². The van der Waals surface area contributed by atoms with Crippen LogP contribution in [0.15, 0.2) is 65.9 Å². The van der Waals surface area contributed by atoms with Crippen LogP contribution in [-0.4, -0.2) is 116 Å². The topological polar surface area (TPSA) is 167 Å². The average molecular weight is 866 g/mol. The third kappa shape index (κ3) is 8.43. The van der Waals surface area contributed by atoms with Crippen LogP contribution >= 0.6 is 15.9 Å². The second kappa shape index (κ2) is 17.1. The molecule has 2 aliphatic heterocycles. The van der Waals surface area contributed by atoms with Crippen molar-refractivity contribution in [2.24, 2.45) is 0 Å². The highest BCUT2D eigenvalue weighted by atomic mass is 79.9. The molecule has 18 heteroatoms. The third-order valence-electron chi connectivity index (χ3n) is 11.8. The summed E-state index contributed by atoms with van der Waals surface area (Å²) in [7, 11) is 0. The van der Waals surface area contributed by atoms with Crippen LogP contribution < -0.4 is 29.2 Å². The Hall–Kier alpha value is -5.33. The minimum absolute atomic E-state index is 0.0391. The predicted molar refractivity (Wildman–Crippen MR) is 222 cm³/mol. The van der Waals surface area contributed by atoms with Gasteiger partial charge < -0.3 is 34.1 Å². The molecule has 59 heavy (non-hydrogen) atoms. The first-order chi connectivity index (χ1) is 29.1. The molecule has 306 valence electrons. The molecule has 4 fully saturated rings. The number of halogens is 1. The molecule has 6 aromatic heterocycles. The Morgan fingerprint density at radius 2 is 1.37 bits per heavy atom. The fourth-order valence-electron chi connectivity index (χ4n) is 8.62. The maximum Gasteiger partial charge on any atom is 0.248 e. The molecule has 0 spiro atoms. The normalized spacial score (nSPS) is 22.7. The summed E-state index contributed by atoms with van der Waals surface area (Å²) in [4.78, 5) is 30.6. The van der Waals surface area contributed by atoms with Crippen LogP contribution in [0, 0.1) is 0 Å². The SMILES string of the molecule is Brc1cnc2cc(N3CCOCC3)nc(OC3CCC(Nc4ncc(-[n+]5cccc6c(OC7CCC(n8ncnn8)CC7)nc(N7CCOCC7)cc65)cn4)CC3)c2c1. The van der Waals surface area contributed by atoms with Gasteiger partial charge in [-0.25, -0.2) is 9.97 Å². The van der Waals surface area contributed by atoms with Crippen molar-refractivity contribution in [1.29, 1.82) is 0 Å². The molecule has 1 N–H and O–H groups in total. The van der Waals surface area contributed by atoms with Gasteiger partial charge in [-0.05, 0) is 84.6 Å². The van der Waals surface area contributed by atoms with Crippen LogP contribution in [0.4, 0.5) is 17.6 Å². The quantitative estimate of drug-likeness (QED) is 0.182. The summed E-state index contributed by atoms with van der Waals surface area (Å²) in [6.07, 6.45) is 16.4. The van der Waals surface area contributed by atoms with Crippen molar-refractivity contribution in [3.05, 3.63) is 65.9 Å². The molecule has 0 unspecified atom stereocenters. The Morgan fingerprint density at radius 3 is 2.03 bits per heavy atom. The number of ether oxygens (including phenoxy) is 4. The van der Waals surface area contributed by atoms with E-state index in [1.54, 1.807) is 4.80 Å². The zero-order valence-electron chi connectivity index (χ0n) is 32.8. The lowest BCUT2D eigenvalue weighted by Gasteiger charge is -2.31. The summed E-state index contributed by atoms with van der Waals surface area (Å²) in [6, 6.07) is 10.8. The second-order valence-corrected chi connectivity index (χ2v) is 16.5. The molecule has 10 rings (SSSR count). The second-order valence-electron chi connectivity index (χ2n) is 15.6. The summed E-state index contributed by atoms with van der Waals surface area (Å²) < 4.78 is 27.6. The summed E-state index contributed by atoms with van der Waals surface area (Å²) in [5.41, 5.74) is 2.70. The Labute approximate surface area is 349 Å². The van der Waals surface area contributed by atoms with Gasteiger partial charge >= 0.3 is 0 Å². The molecule has 2 saturated heterocycles. The van der Waals surface area contributed by atoms with Gasteiger partial charge in [0.15, 0.2) is 12.5 Å². The fourth-order valence-corrected chi connectivity index (χ4v) is 8.95. The molecule has 2 saturated carbocycles. The van der Waals surface area contributed by atoms with Gasteiger partial charge in [-0.3, -0.25) is 4.98 Å². The van der Waals surface area contributed by atoms with Crippen LogP contribution in [0.2, 0.25) is 0 Å². The number of fused-ring (bicyclic) bond motifs is 2. The molecule has 0 aromatic carbocycles. The minimum Gasteiger partial charge on any atom is -0.474 e. The zero-order valence-corrected chi connectivity index (χ0v) is 34.4. The van der Waals surface area contributed by atoms with Crippen molar-refractivity contribution in [2.45, 2.75) is 75.7 Å². The molecular formula is C41H47BrN13O4+. The Bertz CT molecular complexity index is 2360. The zero-order chi connectivity index (χ0) is 39.5. The van der Waals surface area contributed by atoms with Gasteiger partial charge in [0.25, 0.3) is 0 Å². The smallest absolute Gasteiger partial charge is 0.248 e. The molecular weight excluding hydrogens is 818 g/mol. The number of morpholine rings is 2. The fraction of sp³-hybridized carbons (Fsp3) is 0.488. The van der Waals surface area contributed by atoms with E-state index in [9.17, 15) is 0 Å². The highest BCUT2D eigenvalue weighted by Crippen LogP contribution is 2.35. The number of nitrogens with one attached hydrogen (secondary N) is 1. The molecule has 0 bridgehead atoms. The Morgan fingerprint density at radius 1 is 0.729 bits per heavy atom. The summed E-state index contributed by atoms with van der Waals surface area (Å²) in [6.45, 7) is 5.83. The Kier molecular flexibility index (Phi) is 11.0. The number of aromatic nitrogens is 10. The van der Waals surface area contributed by atoms with Gasteiger partial charge in [-0.1, -0.05) is 0 Å². The number of rotatable bonds is 10. The Balaban J connectivity index is 0.824. The van der Waals surface area contributed by atoms with Crippen LogP contribution in [0.3, 0.4) is 0 Å². The summed E-state index contributed by atoms with van der Waals surface area (Å²) in [5, 5.41) is 17.7. The monoisotopic (exact) mass is 864 g/mol. The molecule has 2 aliphatic carbocycles. The van der Waals surface area contributed by atoms with Crippen molar-refractivity contribution in [3.63, 3.8) is 0 Å². The lowest BCUT2D eigenvalue weighted by molar-refractivity contribution is -0.567. The average Bonchev–Trinajstić information content (AvgIpc) is 3.84. The highest BCUT2D eigenvalue weighted by Gasteiger charge is 2.29. The van der Waals surface area contributed by atoms with Gasteiger partial charge in [-0.15, -0.1) is 10.2 Å². The third-order valence-corrected chi connectivity index (χ3v) is 12.3. The number of pyridine rings is 4. The lowest BCUT2D eigenvalue weighted by Crippen LogP contribution is -2.38. The first-order valence-electron chi connectivity index (χ1n) is 20.7. The van der Waals surface area contributed by atoms with E-state index in [4.69, 9.17) is 38.9 Å². The summed E-state index contributed by atoms with van der Waals surface area (Å²) >= 11 is 3.59. The predicted octanol–water partition coefficient (Wildman–Crippen LogP) is 5.03. The van der Waals surface area contributed by atoms with Crippen LogP contribution in [0.25, 0.3) is 27.5 Å². The van der Waals surface area contributed by atoms with Crippen molar-refractivity contribution in [3.8, 4) is 17.4 Å². The molecule has 0 radical (unpaired) electrons. The van der Waals surface area contributed by atoms with Gasteiger partial charge in [0.05, 0.1) is 49.4 Å². The molecule has 0 atom stereocenters. The maximum atomic E-state index is 6.74. The first kappa shape index (κ1) is 37.9. The number of hydrogen-bond acceptors (Lipinski definition) is 15. The number of tetrazole rings is 1. The first-order valence-corrected chi connectivity index (χ1v) is 21.5. The van der Waals surface area contributed by atoms with Crippen LogP contribution in [0.5, 0.6) is 11.8 Å². The largest absolute Gasteiger partial charge is 0.474 e. The van der Waals surface area contributed by atoms with E-state index in [-0.39, 0.29) is 24.3 Å². The van der Waals surface area contributed by atoms with E-state index in [1.807, 2.05) is 43.0 Å². The maximum absolute atomic E-state index is 6.74. The molecule has 0 amide bonds. The van der Waals surface area contributed by atoms with E-state index < -0.39 is 0 Å². The van der Waals surface area contributed by atoms with Gasteiger partial charge in [0.2, 0.25) is 28.9 Å². The van der Waals surface area contributed by atoms with Crippen LogP contribution in [0.1, 0.15) is 57.4 Å². The standard InChI is InChI=1S/C41H47BrN13O4/c42-27-20-34-35(43-23-27)21-37(52-12-16-56-17-13-52)49-40(34)59-31-7-3-28(4-8-31)48-41-44-24-30(25-45-41)54-11-1-2-33-36(54)22-38(53-14-18-57-19-15-53)50-39(33)58-32-9-5-29(6-10-32)55-47-26-46-51-55/h1-2,11,20-26,28-29,31-32H,3-10,12-19H2,(H,44,45,48)/q+1. The minimum atomic E-state index is 0.0391. The molecule has 6 aromatic rings.